The molecule has 0 bridgehead atoms. The van der Waals surface area contributed by atoms with Crippen LogP contribution in [0.25, 0.3) is 0 Å². The molecule has 0 saturated heterocycles. The fraction of sp³-hybridized carbons (Fsp3) is 0.889. The zero-order valence-electron chi connectivity index (χ0n) is 30.3. The van der Waals surface area contributed by atoms with Gasteiger partial charge in [0.15, 0.2) is 6.10 Å². The number of hydrogen-bond donors (Lipinski definition) is 1. The van der Waals surface area contributed by atoms with Gasteiger partial charge in [-0.2, -0.15) is 0 Å². The Morgan fingerprint density at radius 1 is 0.652 bits per heavy atom. The minimum atomic E-state index is -4.36. The van der Waals surface area contributed by atoms with Crippen LogP contribution in [-0.4, -0.2) is 74.9 Å². The van der Waals surface area contributed by atoms with E-state index in [9.17, 15) is 19.0 Å². The molecular formula is C36H71NO8P+. The Bertz CT molecular complexity index is 814. The Morgan fingerprint density at radius 2 is 1.15 bits per heavy atom. The monoisotopic (exact) mass is 676 g/mol. The van der Waals surface area contributed by atoms with Gasteiger partial charge in [-0.3, -0.25) is 18.6 Å². The van der Waals surface area contributed by atoms with Crippen molar-refractivity contribution in [3.63, 3.8) is 0 Å². The zero-order chi connectivity index (χ0) is 34.4. The van der Waals surface area contributed by atoms with Gasteiger partial charge in [0.25, 0.3) is 0 Å². The van der Waals surface area contributed by atoms with E-state index in [0.29, 0.717) is 23.9 Å². The van der Waals surface area contributed by atoms with E-state index < -0.39 is 32.5 Å². The average Bonchev–Trinajstić information content (AvgIpc) is 2.99. The molecule has 0 radical (unpaired) electrons. The molecule has 0 aromatic rings. The van der Waals surface area contributed by atoms with Crippen LogP contribution in [0.15, 0.2) is 12.2 Å². The molecule has 0 aliphatic heterocycles. The van der Waals surface area contributed by atoms with Crippen LogP contribution in [0, 0.1) is 0 Å². The summed E-state index contributed by atoms with van der Waals surface area (Å²) in [6.45, 7) is 4.32. The van der Waals surface area contributed by atoms with Crippen molar-refractivity contribution >= 4 is 19.8 Å². The highest BCUT2D eigenvalue weighted by Crippen LogP contribution is 2.43. The second-order valence-electron chi connectivity index (χ2n) is 13.6. The van der Waals surface area contributed by atoms with Gasteiger partial charge in [0.05, 0.1) is 27.7 Å². The molecule has 1 N–H and O–H groups in total. The van der Waals surface area contributed by atoms with Crippen molar-refractivity contribution in [1.29, 1.82) is 0 Å². The number of phosphoric ester groups is 1. The number of carbonyl (C=O) groups excluding carboxylic acids is 2. The van der Waals surface area contributed by atoms with Gasteiger partial charge in [-0.25, -0.2) is 4.57 Å². The molecule has 0 amide bonds. The number of allylic oxidation sites excluding steroid dienone is 2. The number of phosphoric acid groups is 1. The molecule has 10 heteroatoms. The van der Waals surface area contributed by atoms with E-state index in [4.69, 9.17) is 18.5 Å². The van der Waals surface area contributed by atoms with E-state index in [1.165, 1.54) is 83.5 Å². The van der Waals surface area contributed by atoms with Crippen LogP contribution in [0.2, 0.25) is 0 Å². The number of hydrogen-bond acceptors (Lipinski definition) is 7. The first-order valence-electron chi connectivity index (χ1n) is 18.4. The van der Waals surface area contributed by atoms with Crippen molar-refractivity contribution < 1.29 is 42.1 Å². The topological polar surface area (TPSA) is 108 Å². The number of quaternary nitrogens is 1. The molecule has 0 fully saturated rings. The maximum absolute atomic E-state index is 12.5. The van der Waals surface area contributed by atoms with Crippen molar-refractivity contribution in [1.82, 2.24) is 0 Å². The van der Waals surface area contributed by atoms with Gasteiger partial charge < -0.3 is 18.9 Å². The maximum atomic E-state index is 12.5. The quantitative estimate of drug-likeness (QED) is 0.0241. The molecule has 0 rings (SSSR count). The number of unbranched alkanes of at least 4 members (excludes halogenated alkanes) is 17. The van der Waals surface area contributed by atoms with Crippen molar-refractivity contribution in [3.05, 3.63) is 12.2 Å². The summed E-state index contributed by atoms with van der Waals surface area (Å²) in [5.41, 5.74) is 0. The number of esters is 2. The van der Waals surface area contributed by atoms with Crippen molar-refractivity contribution in [3.8, 4) is 0 Å². The Morgan fingerprint density at radius 3 is 1.70 bits per heavy atom. The summed E-state index contributed by atoms with van der Waals surface area (Å²) in [7, 11) is 1.46. The first kappa shape index (κ1) is 44.8. The second-order valence-corrected chi connectivity index (χ2v) is 15.1. The Kier molecular flexibility index (Phi) is 29.0. The minimum Gasteiger partial charge on any atom is -0.462 e. The molecule has 0 aromatic heterocycles. The van der Waals surface area contributed by atoms with Gasteiger partial charge in [-0.1, -0.05) is 129 Å². The zero-order valence-corrected chi connectivity index (χ0v) is 31.2. The molecule has 0 saturated carbocycles. The van der Waals surface area contributed by atoms with E-state index in [1.807, 2.05) is 27.2 Å². The van der Waals surface area contributed by atoms with Crippen LogP contribution < -0.4 is 0 Å². The fourth-order valence-electron chi connectivity index (χ4n) is 4.85. The summed E-state index contributed by atoms with van der Waals surface area (Å²) in [4.78, 5) is 34.9. The molecular weight excluding hydrogens is 605 g/mol. The lowest BCUT2D eigenvalue weighted by atomic mass is 10.1. The highest BCUT2D eigenvalue weighted by atomic mass is 31.2. The van der Waals surface area contributed by atoms with Crippen LogP contribution in [0.4, 0.5) is 0 Å². The number of nitrogens with zero attached hydrogens (tertiary/aromatic N) is 1. The lowest BCUT2D eigenvalue weighted by molar-refractivity contribution is -0.870. The lowest BCUT2D eigenvalue weighted by Crippen LogP contribution is -2.37. The number of carbonyl (C=O) groups is 2. The molecule has 2 atom stereocenters. The first-order valence-corrected chi connectivity index (χ1v) is 19.9. The predicted molar refractivity (Wildman–Crippen MR) is 188 cm³/mol. The standard InChI is InChI=1S/C36H70NO8P/c1-6-8-10-12-14-15-16-17-18-19-20-21-23-24-26-28-35(38)42-32-34(33-44-46(40,41)43-31-30-37(3,4)5)45-36(39)29-27-25-22-13-11-9-7-2/h23-24,34H,6-22,25-33H2,1-5H3/p+1/b24-23+/t34-/m0/s1. The molecule has 0 aliphatic carbocycles. The normalized spacial score (nSPS) is 14.0. The van der Waals surface area contributed by atoms with Gasteiger partial charge in [0, 0.05) is 12.8 Å². The molecule has 9 nitrogen and oxygen atoms in total. The fourth-order valence-corrected chi connectivity index (χ4v) is 5.59. The molecule has 0 spiro atoms. The molecule has 0 aliphatic rings. The van der Waals surface area contributed by atoms with Gasteiger partial charge in [-0.05, 0) is 25.7 Å². The minimum absolute atomic E-state index is 0.0295. The molecule has 1 unspecified atom stereocenters. The first-order chi connectivity index (χ1) is 22.0. The predicted octanol–water partition coefficient (Wildman–Crippen LogP) is 9.46. The van der Waals surface area contributed by atoms with Crippen LogP contribution in [-0.2, 0) is 32.7 Å². The smallest absolute Gasteiger partial charge is 0.462 e. The Labute approximate surface area is 282 Å². The summed E-state index contributed by atoms with van der Waals surface area (Å²) >= 11 is 0. The highest BCUT2D eigenvalue weighted by molar-refractivity contribution is 7.47. The summed E-state index contributed by atoms with van der Waals surface area (Å²) in [6.07, 6.45) is 27.2. The molecule has 46 heavy (non-hydrogen) atoms. The number of rotatable bonds is 33. The van der Waals surface area contributed by atoms with Crippen LogP contribution >= 0.6 is 7.82 Å². The highest BCUT2D eigenvalue weighted by Gasteiger charge is 2.27. The van der Waals surface area contributed by atoms with E-state index >= 15 is 0 Å². The third kappa shape index (κ3) is 32.7. The summed E-state index contributed by atoms with van der Waals surface area (Å²) < 4.78 is 33.9. The van der Waals surface area contributed by atoms with E-state index in [2.05, 4.69) is 19.9 Å². The Balaban J connectivity index is 4.40. The molecule has 0 heterocycles. The van der Waals surface area contributed by atoms with E-state index in [1.54, 1.807) is 0 Å². The third-order valence-electron chi connectivity index (χ3n) is 7.81. The molecule has 272 valence electrons. The van der Waals surface area contributed by atoms with E-state index in [-0.39, 0.29) is 26.1 Å². The second kappa shape index (κ2) is 29.9. The maximum Gasteiger partial charge on any atom is 0.472 e. The van der Waals surface area contributed by atoms with Crippen molar-refractivity contribution in [2.24, 2.45) is 0 Å². The molecule has 0 aromatic carbocycles. The van der Waals surface area contributed by atoms with Crippen molar-refractivity contribution in [2.45, 2.75) is 161 Å². The van der Waals surface area contributed by atoms with Crippen molar-refractivity contribution in [2.75, 3.05) is 47.5 Å². The average molecular weight is 677 g/mol. The van der Waals surface area contributed by atoms with Gasteiger partial charge in [0.1, 0.15) is 19.8 Å². The van der Waals surface area contributed by atoms with E-state index in [0.717, 1.165) is 32.1 Å². The largest absolute Gasteiger partial charge is 0.472 e. The van der Waals surface area contributed by atoms with Gasteiger partial charge in [0.2, 0.25) is 0 Å². The van der Waals surface area contributed by atoms with Gasteiger partial charge in [-0.15, -0.1) is 0 Å². The van der Waals surface area contributed by atoms with Crippen LogP contribution in [0.3, 0.4) is 0 Å². The number of likely N-dealkylation sites (N-methyl/N-ethyl adjacent to an activating group) is 1. The third-order valence-corrected chi connectivity index (χ3v) is 8.79. The number of ether oxygens (including phenoxy) is 2. The van der Waals surface area contributed by atoms with Crippen LogP contribution in [0.5, 0.6) is 0 Å². The SMILES string of the molecule is CCCCCCCCCCCCC/C=C/CCC(=O)OC[C@@H](COP(=O)(O)OCC[N+](C)(C)C)OC(=O)CCCCCCCCC. The summed E-state index contributed by atoms with van der Waals surface area (Å²) in [5, 5.41) is 0. The summed E-state index contributed by atoms with van der Waals surface area (Å²) in [6, 6.07) is 0. The summed E-state index contributed by atoms with van der Waals surface area (Å²) in [5.74, 6) is -0.860. The van der Waals surface area contributed by atoms with Gasteiger partial charge >= 0.3 is 19.8 Å². The Hall–Kier alpha value is -1.25. The van der Waals surface area contributed by atoms with Crippen LogP contribution in [0.1, 0.15) is 155 Å². The lowest BCUT2D eigenvalue weighted by Gasteiger charge is -2.24.